The molecule has 0 aliphatic carbocycles. The Morgan fingerprint density at radius 1 is 1.29 bits per heavy atom. The van der Waals surface area contributed by atoms with Crippen LogP contribution in [0.4, 0.5) is 4.39 Å². The van der Waals surface area contributed by atoms with E-state index in [9.17, 15) is 9.18 Å². The number of carbonyl (C=O) groups excluding carboxylic acids is 1. The highest BCUT2D eigenvalue weighted by atomic mass is 19.1. The summed E-state index contributed by atoms with van der Waals surface area (Å²) in [4.78, 5) is 20.2. The molecule has 2 aliphatic rings. The molecule has 2 fully saturated rings. The lowest BCUT2D eigenvalue weighted by molar-refractivity contribution is 0.00182. The minimum Gasteiger partial charge on any atom is -0.348 e. The Balaban J connectivity index is 1.50. The van der Waals surface area contributed by atoms with Crippen molar-refractivity contribution in [1.82, 2.24) is 14.8 Å². The van der Waals surface area contributed by atoms with Crippen molar-refractivity contribution in [2.45, 2.75) is 45.2 Å². The average molecular weight is 329 g/mol. The molecule has 24 heavy (non-hydrogen) atoms. The van der Waals surface area contributed by atoms with Crippen molar-refractivity contribution in [3.63, 3.8) is 0 Å². The highest BCUT2D eigenvalue weighted by molar-refractivity contribution is 6.01. The molecule has 1 amide bonds. The summed E-state index contributed by atoms with van der Waals surface area (Å²) >= 11 is 0. The summed E-state index contributed by atoms with van der Waals surface area (Å²) in [7, 11) is 0. The van der Waals surface area contributed by atoms with Crippen LogP contribution in [0.5, 0.6) is 0 Å². The zero-order valence-electron chi connectivity index (χ0n) is 14.3. The lowest BCUT2D eigenvalue weighted by Crippen LogP contribution is -2.63. The van der Waals surface area contributed by atoms with Crippen LogP contribution >= 0.6 is 0 Å². The van der Waals surface area contributed by atoms with Crippen molar-refractivity contribution >= 4 is 16.8 Å². The highest BCUT2D eigenvalue weighted by Gasteiger charge is 2.38. The number of amides is 1. The largest absolute Gasteiger partial charge is 0.348 e. The Morgan fingerprint density at radius 3 is 2.79 bits per heavy atom. The number of rotatable bonds is 2. The van der Waals surface area contributed by atoms with Crippen LogP contribution in [0.2, 0.25) is 0 Å². The number of fused-ring (bicyclic) bond motifs is 1. The van der Waals surface area contributed by atoms with Crippen LogP contribution in [0.25, 0.3) is 10.9 Å². The number of piperidine rings is 1. The third-order valence-corrected chi connectivity index (χ3v) is 5.73. The Hall–Kier alpha value is -1.88. The third-order valence-electron chi connectivity index (χ3n) is 5.73. The van der Waals surface area contributed by atoms with Crippen LogP contribution in [0, 0.1) is 12.7 Å². The normalized spacial score (nSPS) is 22.8. The van der Waals surface area contributed by atoms with Crippen LogP contribution in [-0.4, -0.2) is 52.4 Å². The fraction of sp³-hybridized carbons (Fsp3) is 0.526. The first kappa shape index (κ1) is 15.6. The molecule has 2 aliphatic heterocycles. The molecular weight excluding hydrogens is 305 g/mol. The van der Waals surface area contributed by atoms with Crippen molar-refractivity contribution in [3.05, 3.63) is 35.3 Å². The summed E-state index contributed by atoms with van der Waals surface area (Å²) < 4.78 is 13.9. The Morgan fingerprint density at radius 2 is 2.08 bits per heavy atom. The van der Waals surface area contributed by atoms with Gasteiger partial charge in [-0.1, -0.05) is 18.6 Å². The van der Waals surface area contributed by atoms with Gasteiger partial charge in [0.1, 0.15) is 11.5 Å². The average Bonchev–Trinajstić information content (AvgIpc) is 2.86. The zero-order chi connectivity index (χ0) is 16.8. The maximum Gasteiger partial charge on any atom is 0.270 e. The van der Waals surface area contributed by atoms with Crippen molar-refractivity contribution in [2.75, 3.05) is 19.6 Å². The molecule has 0 spiro atoms. The predicted molar refractivity (Wildman–Crippen MR) is 92.7 cm³/mol. The molecule has 4 rings (SSSR count). The van der Waals surface area contributed by atoms with Gasteiger partial charge in [-0.2, -0.15) is 0 Å². The molecule has 1 aromatic carbocycles. The minimum absolute atomic E-state index is 0.0102. The van der Waals surface area contributed by atoms with Gasteiger partial charge in [-0.25, -0.2) is 4.39 Å². The fourth-order valence-electron chi connectivity index (χ4n) is 4.18. The summed E-state index contributed by atoms with van der Waals surface area (Å²) in [6.45, 7) is 6.87. The molecular formula is C19H24FN3O. The molecule has 0 unspecified atom stereocenters. The number of H-pyrrole nitrogens is 1. The van der Waals surface area contributed by atoms with Crippen molar-refractivity contribution < 1.29 is 9.18 Å². The summed E-state index contributed by atoms with van der Waals surface area (Å²) in [6, 6.07) is 6.05. The monoisotopic (exact) mass is 329 g/mol. The SMILES string of the molecule is Cc1c(C(=O)N2CC(N3CCCC[C@H]3C)C2)[nH]c2c(F)cccc12. The molecule has 1 N–H and O–H groups in total. The van der Waals surface area contributed by atoms with Gasteiger partial charge in [0.25, 0.3) is 5.91 Å². The number of benzene rings is 1. The molecule has 1 atom stereocenters. The lowest BCUT2D eigenvalue weighted by atomic mass is 9.97. The number of aromatic amines is 1. The number of hydrogen-bond acceptors (Lipinski definition) is 2. The van der Waals surface area contributed by atoms with Crippen molar-refractivity contribution in [1.29, 1.82) is 0 Å². The van der Waals surface area contributed by atoms with Gasteiger partial charge < -0.3 is 9.88 Å². The number of nitrogens with zero attached hydrogens (tertiary/aromatic N) is 2. The summed E-state index contributed by atoms with van der Waals surface area (Å²) in [5.74, 6) is -0.317. The predicted octanol–water partition coefficient (Wildman–Crippen LogP) is 3.31. The number of aromatic nitrogens is 1. The Labute approximate surface area is 141 Å². The van der Waals surface area contributed by atoms with Crippen LogP contribution in [0.3, 0.4) is 0 Å². The van der Waals surface area contributed by atoms with Crippen LogP contribution in [0.15, 0.2) is 18.2 Å². The quantitative estimate of drug-likeness (QED) is 0.918. The van der Waals surface area contributed by atoms with Gasteiger partial charge >= 0.3 is 0 Å². The van der Waals surface area contributed by atoms with Crippen LogP contribution < -0.4 is 0 Å². The second kappa shape index (κ2) is 5.88. The van der Waals surface area contributed by atoms with E-state index in [-0.39, 0.29) is 11.7 Å². The maximum atomic E-state index is 13.9. The van der Waals surface area contributed by atoms with Gasteiger partial charge in [0.05, 0.1) is 5.52 Å². The standard InChI is InChI=1S/C19H24FN3O/c1-12-6-3-4-9-23(12)14-10-22(11-14)19(24)17-13(2)15-7-5-8-16(20)18(15)21-17/h5,7-8,12,14,21H,3-4,6,9-11H2,1-2H3/t12-/m1/s1. The van der Waals surface area contributed by atoms with Crippen LogP contribution in [0.1, 0.15) is 42.2 Å². The molecule has 1 aromatic heterocycles. The number of likely N-dealkylation sites (tertiary alicyclic amines) is 2. The number of hydrogen-bond donors (Lipinski definition) is 1. The number of carbonyl (C=O) groups is 1. The van der Waals surface area contributed by atoms with E-state index in [4.69, 9.17) is 0 Å². The first-order chi connectivity index (χ1) is 11.6. The molecule has 4 nitrogen and oxygen atoms in total. The fourth-order valence-corrected chi connectivity index (χ4v) is 4.18. The van der Waals surface area contributed by atoms with Gasteiger partial charge in [-0.15, -0.1) is 0 Å². The Kier molecular flexibility index (Phi) is 3.83. The highest BCUT2D eigenvalue weighted by Crippen LogP contribution is 2.28. The molecule has 2 aromatic rings. The summed E-state index contributed by atoms with van der Waals surface area (Å²) in [6.07, 6.45) is 3.83. The van der Waals surface area contributed by atoms with E-state index in [0.717, 1.165) is 30.6 Å². The first-order valence-corrected chi connectivity index (χ1v) is 8.88. The van der Waals surface area contributed by atoms with Gasteiger partial charge in [0, 0.05) is 30.6 Å². The lowest BCUT2D eigenvalue weighted by Gasteiger charge is -2.49. The molecule has 2 saturated heterocycles. The smallest absolute Gasteiger partial charge is 0.270 e. The summed E-state index contributed by atoms with van der Waals surface area (Å²) in [5.41, 5.74) is 1.80. The molecule has 128 valence electrons. The maximum absolute atomic E-state index is 13.9. The van der Waals surface area contributed by atoms with E-state index in [1.165, 1.54) is 25.3 Å². The minimum atomic E-state index is -0.307. The molecule has 0 saturated carbocycles. The van der Waals surface area contributed by atoms with Crippen molar-refractivity contribution in [2.24, 2.45) is 0 Å². The number of nitrogens with one attached hydrogen (secondary N) is 1. The first-order valence-electron chi connectivity index (χ1n) is 8.88. The van der Waals surface area contributed by atoms with Crippen molar-refractivity contribution in [3.8, 4) is 0 Å². The second-order valence-corrected chi connectivity index (χ2v) is 7.23. The molecule has 0 bridgehead atoms. The third kappa shape index (κ3) is 2.42. The van der Waals surface area contributed by atoms with Gasteiger partial charge in [0.2, 0.25) is 0 Å². The molecule has 0 radical (unpaired) electrons. The van der Waals surface area contributed by atoms with E-state index in [0.29, 0.717) is 23.3 Å². The van der Waals surface area contributed by atoms with E-state index in [1.807, 2.05) is 17.9 Å². The van der Waals surface area contributed by atoms with Gasteiger partial charge in [0.15, 0.2) is 0 Å². The van der Waals surface area contributed by atoms with E-state index >= 15 is 0 Å². The summed E-state index contributed by atoms with van der Waals surface area (Å²) in [5, 5.41) is 0.792. The number of para-hydroxylation sites is 1. The van der Waals surface area contributed by atoms with E-state index < -0.39 is 0 Å². The zero-order valence-corrected chi connectivity index (χ0v) is 14.3. The van der Waals surface area contributed by atoms with E-state index in [2.05, 4.69) is 16.8 Å². The van der Waals surface area contributed by atoms with Crippen LogP contribution in [-0.2, 0) is 0 Å². The molecule has 5 heteroatoms. The number of aryl methyl sites for hydroxylation is 1. The van der Waals surface area contributed by atoms with Gasteiger partial charge in [-0.05, 0) is 44.9 Å². The van der Waals surface area contributed by atoms with Gasteiger partial charge in [-0.3, -0.25) is 9.69 Å². The Bertz CT molecular complexity index is 778. The molecule has 3 heterocycles. The topological polar surface area (TPSA) is 39.3 Å². The van der Waals surface area contributed by atoms with E-state index in [1.54, 1.807) is 6.07 Å². The number of halogens is 1. The second-order valence-electron chi connectivity index (χ2n) is 7.23.